The third-order valence-corrected chi connectivity index (χ3v) is 4.15. The van der Waals surface area contributed by atoms with Crippen LogP contribution < -0.4 is 11.2 Å². The van der Waals surface area contributed by atoms with Crippen LogP contribution in [0.2, 0.25) is 0 Å². The minimum atomic E-state index is -1.35. The van der Waals surface area contributed by atoms with E-state index in [4.69, 9.17) is 9.47 Å². The summed E-state index contributed by atoms with van der Waals surface area (Å²) in [7, 11) is 0. The van der Waals surface area contributed by atoms with Crippen LogP contribution in [0.1, 0.15) is 22.1 Å². The fourth-order valence-corrected chi connectivity index (χ4v) is 2.73. The van der Waals surface area contributed by atoms with Crippen molar-refractivity contribution in [1.82, 2.24) is 9.55 Å². The summed E-state index contributed by atoms with van der Waals surface area (Å²) in [6.07, 6.45) is -3.66. The number of nitrogens with zero attached hydrogens (tertiary/aromatic N) is 1. The number of nitrogens with one attached hydrogen (secondary N) is 1. The van der Waals surface area contributed by atoms with Crippen molar-refractivity contribution >= 4 is 5.97 Å². The minimum Gasteiger partial charge on any atom is -0.451 e. The van der Waals surface area contributed by atoms with Gasteiger partial charge in [0.05, 0.1) is 12.2 Å². The van der Waals surface area contributed by atoms with Crippen LogP contribution in [0, 0.1) is 6.92 Å². The molecule has 0 spiro atoms. The maximum Gasteiger partial charge on any atom is 0.338 e. The second kappa shape index (κ2) is 7.24. The summed E-state index contributed by atoms with van der Waals surface area (Å²) in [5, 5.41) is 19.7. The number of hydrogen-bond donors (Lipinski definition) is 3. The zero-order chi connectivity index (χ0) is 18.8. The highest BCUT2D eigenvalue weighted by Crippen LogP contribution is 2.31. The smallest absolute Gasteiger partial charge is 0.338 e. The normalized spacial score (nSPS) is 25.2. The highest BCUT2D eigenvalue weighted by molar-refractivity contribution is 5.89. The van der Waals surface area contributed by atoms with Gasteiger partial charge in [-0.15, -0.1) is 0 Å². The number of aromatic amines is 1. The van der Waals surface area contributed by atoms with Crippen molar-refractivity contribution in [3.05, 3.63) is 68.5 Å². The predicted molar refractivity (Wildman–Crippen MR) is 88.7 cm³/mol. The van der Waals surface area contributed by atoms with Crippen molar-refractivity contribution in [3.8, 4) is 0 Å². The SMILES string of the molecule is Cc1ccc(C(=O)O[C@@H]2[C@H](O)[C@@H](CO)O[C@H]2n2ccc(=O)[nH]c2=O)cc1. The van der Waals surface area contributed by atoms with Crippen molar-refractivity contribution < 1.29 is 24.5 Å². The summed E-state index contributed by atoms with van der Waals surface area (Å²) < 4.78 is 11.8. The van der Waals surface area contributed by atoms with Crippen molar-refractivity contribution in [1.29, 1.82) is 0 Å². The molecular formula is C17H18N2O7. The van der Waals surface area contributed by atoms with Gasteiger partial charge in [-0.3, -0.25) is 14.3 Å². The van der Waals surface area contributed by atoms with Gasteiger partial charge < -0.3 is 19.7 Å². The molecule has 1 aromatic carbocycles. The first-order valence-electron chi connectivity index (χ1n) is 7.94. The van der Waals surface area contributed by atoms with Crippen LogP contribution in [-0.2, 0) is 9.47 Å². The van der Waals surface area contributed by atoms with E-state index in [1.54, 1.807) is 24.3 Å². The maximum absolute atomic E-state index is 12.4. The number of ether oxygens (including phenoxy) is 2. The lowest BCUT2D eigenvalue weighted by Crippen LogP contribution is -2.40. The van der Waals surface area contributed by atoms with Crippen LogP contribution in [0.25, 0.3) is 0 Å². The van der Waals surface area contributed by atoms with Gasteiger partial charge in [-0.05, 0) is 19.1 Å². The molecule has 1 fully saturated rings. The largest absolute Gasteiger partial charge is 0.451 e. The molecule has 9 heteroatoms. The molecule has 0 aliphatic carbocycles. The van der Waals surface area contributed by atoms with Gasteiger partial charge in [-0.25, -0.2) is 9.59 Å². The molecule has 0 unspecified atom stereocenters. The highest BCUT2D eigenvalue weighted by atomic mass is 16.6. The van der Waals surface area contributed by atoms with E-state index in [2.05, 4.69) is 4.98 Å². The first kappa shape index (κ1) is 18.1. The Morgan fingerprint density at radius 1 is 1.27 bits per heavy atom. The molecule has 0 radical (unpaired) electrons. The monoisotopic (exact) mass is 362 g/mol. The third-order valence-electron chi connectivity index (χ3n) is 4.15. The molecule has 1 aromatic heterocycles. The Labute approximate surface area is 147 Å². The molecule has 0 amide bonds. The molecule has 1 saturated heterocycles. The van der Waals surface area contributed by atoms with E-state index in [0.717, 1.165) is 16.2 Å². The fraction of sp³-hybridized carbons (Fsp3) is 0.353. The van der Waals surface area contributed by atoms with Gasteiger partial charge in [-0.2, -0.15) is 0 Å². The minimum absolute atomic E-state index is 0.266. The van der Waals surface area contributed by atoms with Crippen molar-refractivity contribution in [2.45, 2.75) is 31.5 Å². The van der Waals surface area contributed by atoms with Crippen LogP contribution in [0.4, 0.5) is 0 Å². The quantitative estimate of drug-likeness (QED) is 0.614. The van der Waals surface area contributed by atoms with Crippen molar-refractivity contribution in [2.24, 2.45) is 0 Å². The number of benzene rings is 1. The van der Waals surface area contributed by atoms with Crippen molar-refractivity contribution in [2.75, 3.05) is 6.61 Å². The van der Waals surface area contributed by atoms with E-state index in [1.807, 2.05) is 6.92 Å². The Morgan fingerprint density at radius 2 is 1.96 bits per heavy atom. The Kier molecular flexibility index (Phi) is 5.03. The fourth-order valence-electron chi connectivity index (χ4n) is 2.73. The molecule has 26 heavy (non-hydrogen) atoms. The van der Waals surface area contributed by atoms with E-state index in [1.165, 1.54) is 6.20 Å². The lowest BCUT2D eigenvalue weighted by atomic mass is 10.1. The Balaban J connectivity index is 1.90. The van der Waals surface area contributed by atoms with E-state index in [-0.39, 0.29) is 5.56 Å². The first-order valence-corrected chi connectivity index (χ1v) is 7.94. The molecular weight excluding hydrogens is 344 g/mol. The molecule has 0 bridgehead atoms. The number of aryl methyl sites for hydroxylation is 1. The van der Waals surface area contributed by atoms with E-state index in [9.17, 15) is 24.6 Å². The number of H-pyrrole nitrogens is 1. The van der Waals surface area contributed by atoms with Gasteiger partial charge in [0.1, 0.15) is 12.2 Å². The van der Waals surface area contributed by atoms with Gasteiger partial charge in [0, 0.05) is 12.3 Å². The Morgan fingerprint density at radius 3 is 2.58 bits per heavy atom. The number of esters is 1. The number of carbonyl (C=O) groups excluding carboxylic acids is 1. The van der Waals surface area contributed by atoms with Crippen molar-refractivity contribution in [3.63, 3.8) is 0 Å². The van der Waals surface area contributed by atoms with E-state index < -0.39 is 48.4 Å². The summed E-state index contributed by atoms with van der Waals surface area (Å²) in [5.74, 6) is -0.710. The Hall–Kier alpha value is -2.75. The Bertz CT molecular complexity index is 902. The number of aliphatic hydroxyl groups excluding tert-OH is 2. The summed E-state index contributed by atoms with van der Waals surface area (Å²) in [4.78, 5) is 37.7. The topological polar surface area (TPSA) is 131 Å². The first-order chi connectivity index (χ1) is 12.4. The molecule has 3 N–H and O–H groups in total. The van der Waals surface area contributed by atoms with Gasteiger partial charge in [0.2, 0.25) is 0 Å². The number of carbonyl (C=O) groups is 1. The molecule has 9 nitrogen and oxygen atoms in total. The number of aromatic nitrogens is 2. The van der Waals surface area contributed by atoms with Crippen LogP contribution in [0.3, 0.4) is 0 Å². The molecule has 2 heterocycles. The standard InChI is InChI=1S/C17H18N2O7/c1-9-2-4-10(5-3-9)16(23)26-14-13(22)11(8-20)25-15(14)19-7-6-12(21)18-17(19)24/h2-7,11,13-15,20,22H,8H2,1H3,(H,18,21,24)/t11-,13-,14-,15-/m1/s1. The summed E-state index contributed by atoms with van der Waals surface area (Å²) in [6.45, 7) is 1.34. The van der Waals surface area contributed by atoms with Gasteiger partial charge in [0.15, 0.2) is 12.3 Å². The second-order valence-corrected chi connectivity index (χ2v) is 5.99. The summed E-state index contributed by atoms with van der Waals surface area (Å²) in [6, 6.07) is 7.72. The summed E-state index contributed by atoms with van der Waals surface area (Å²) in [5.41, 5.74) is -0.159. The molecule has 4 atom stereocenters. The van der Waals surface area contributed by atoms with Gasteiger partial charge in [-0.1, -0.05) is 17.7 Å². The number of hydrogen-bond acceptors (Lipinski definition) is 7. The zero-order valence-electron chi connectivity index (χ0n) is 13.9. The van der Waals surface area contributed by atoms with Gasteiger partial charge >= 0.3 is 11.7 Å². The number of aliphatic hydroxyl groups is 2. The van der Waals surface area contributed by atoms with Crippen LogP contribution >= 0.6 is 0 Å². The lowest BCUT2D eigenvalue weighted by molar-refractivity contribution is -0.0603. The lowest BCUT2D eigenvalue weighted by Gasteiger charge is -2.22. The second-order valence-electron chi connectivity index (χ2n) is 5.99. The van der Waals surface area contributed by atoms with E-state index in [0.29, 0.717) is 0 Å². The van der Waals surface area contributed by atoms with Crippen LogP contribution in [0.15, 0.2) is 46.1 Å². The molecule has 138 valence electrons. The highest BCUT2D eigenvalue weighted by Gasteiger charge is 2.47. The molecule has 1 aliphatic rings. The average Bonchev–Trinajstić information content (AvgIpc) is 2.91. The predicted octanol–water partition coefficient (Wildman–Crippen LogP) is -0.679. The van der Waals surface area contributed by atoms with Gasteiger partial charge in [0.25, 0.3) is 5.56 Å². The zero-order valence-corrected chi connectivity index (χ0v) is 13.9. The number of rotatable bonds is 4. The summed E-state index contributed by atoms with van der Waals surface area (Å²) >= 11 is 0. The molecule has 0 saturated carbocycles. The average molecular weight is 362 g/mol. The molecule has 1 aliphatic heterocycles. The van der Waals surface area contributed by atoms with Crippen LogP contribution in [0.5, 0.6) is 0 Å². The third kappa shape index (κ3) is 3.45. The maximum atomic E-state index is 12.4. The molecule has 2 aromatic rings. The van der Waals surface area contributed by atoms with Crippen LogP contribution in [-0.4, -0.2) is 50.7 Å². The van der Waals surface area contributed by atoms with E-state index >= 15 is 0 Å². The molecule has 3 rings (SSSR count).